The number of anilines is 1. The minimum Gasteiger partial charge on any atom is -0.392 e. The molecule has 1 amide bonds. The number of rotatable bonds is 13. The van der Waals surface area contributed by atoms with Gasteiger partial charge in [-0.2, -0.15) is 4.72 Å². The van der Waals surface area contributed by atoms with Crippen LogP contribution in [0.25, 0.3) is 0 Å². The van der Waals surface area contributed by atoms with E-state index in [1.54, 1.807) is 42.7 Å². The van der Waals surface area contributed by atoms with Gasteiger partial charge in [0.25, 0.3) is 0 Å². The van der Waals surface area contributed by atoms with E-state index < -0.39 is 28.3 Å². The smallest absolute Gasteiger partial charge is 0.242 e. The van der Waals surface area contributed by atoms with Crippen LogP contribution in [0.15, 0.2) is 132 Å². The molecule has 1 aromatic heterocycles. The fourth-order valence-electron chi connectivity index (χ4n) is 5.79. The minimum absolute atomic E-state index is 0.0127. The van der Waals surface area contributed by atoms with Crippen molar-refractivity contribution in [2.45, 2.75) is 61.5 Å². The number of nitrogens with one attached hydrogen (secondary N) is 2. The zero-order chi connectivity index (χ0) is 35.8. The van der Waals surface area contributed by atoms with Crippen LogP contribution >= 0.6 is 11.8 Å². The highest BCUT2D eigenvalue weighted by Gasteiger charge is 2.38. The van der Waals surface area contributed by atoms with E-state index in [1.165, 1.54) is 23.9 Å². The SMILES string of the molecule is Cc1ccc(S(=O)(=O)N[C@H](Cc2ccccc2)C(=O)Nc2ccc([C@H]3O[C@@H](CSc4ncccn4)[C@@H](C)[C@@H](c4ccc(CO)cc4)O3)cc2)cc1. The van der Waals surface area contributed by atoms with E-state index in [4.69, 9.17) is 9.47 Å². The van der Waals surface area contributed by atoms with Crippen LogP contribution < -0.4 is 10.0 Å². The molecule has 0 radical (unpaired) electrons. The number of sulfonamides is 1. The highest BCUT2D eigenvalue weighted by atomic mass is 32.2. The standard InChI is InChI=1S/C39H40N4O6S2/c1-26-9-19-33(20-10-26)51(46,47)43-34(23-28-7-4-3-5-8-28)37(45)42-32-17-15-31(16-18-32)38-48-35(25-50-39-40-21-6-22-41-39)27(2)36(49-38)30-13-11-29(24-44)12-14-30/h3-22,27,34-36,38,43-44H,23-25H2,1-2H3,(H,42,45)/t27-,34-,35+,36+,38+/m1/s1. The van der Waals surface area contributed by atoms with Gasteiger partial charge in [-0.05, 0) is 60.4 Å². The number of benzene rings is 4. The molecule has 12 heteroatoms. The Morgan fingerprint density at radius 2 is 1.51 bits per heavy atom. The predicted octanol–water partition coefficient (Wildman–Crippen LogP) is 6.39. The van der Waals surface area contributed by atoms with E-state index in [9.17, 15) is 18.3 Å². The quantitative estimate of drug-likeness (QED) is 0.0932. The van der Waals surface area contributed by atoms with Gasteiger partial charge in [0.05, 0.1) is 23.7 Å². The number of hydrogen-bond acceptors (Lipinski definition) is 9. The molecule has 6 rings (SSSR count). The topological polar surface area (TPSA) is 140 Å². The van der Waals surface area contributed by atoms with E-state index in [0.717, 1.165) is 27.8 Å². The first kappa shape index (κ1) is 36.4. The fourth-order valence-corrected chi connectivity index (χ4v) is 7.95. The summed E-state index contributed by atoms with van der Waals surface area (Å²) in [5.74, 6) is 0.0974. The van der Waals surface area contributed by atoms with Crippen LogP contribution in [-0.2, 0) is 37.3 Å². The second-order valence-corrected chi connectivity index (χ2v) is 15.2. The fraction of sp³-hybridized carbons (Fsp3) is 0.256. The molecule has 5 aromatic rings. The van der Waals surface area contributed by atoms with Crippen molar-refractivity contribution in [1.82, 2.24) is 14.7 Å². The number of aliphatic hydroxyl groups is 1. The van der Waals surface area contributed by atoms with E-state index in [-0.39, 0.29) is 36.0 Å². The maximum absolute atomic E-state index is 13.7. The number of aryl methyl sites for hydroxylation is 1. The van der Waals surface area contributed by atoms with Crippen LogP contribution in [0.2, 0.25) is 0 Å². The van der Waals surface area contributed by atoms with Gasteiger partial charge in [0.2, 0.25) is 15.9 Å². The van der Waals surface area contributed by atoms with E-state index in [0.29, 0.717) is 16.6 Å². The van der Waals surface area contributed by atoms with Crippen LogP contribution in [0.5, 0.6) is 0 Å². The summed E-state index contributed by atoms with van der Waals surface area (Å²) in [6.45, 7) is 3.93. The molecule has 5 atom stereocenters. The molecule has 0 aliphatic carbocycles. The summed E-state index contributed by atoms with van der Waals surface area (Å²) in [7, 11) is -3.99. The van der Waals surface area contributed by atoms with Crippen molar-refractivity contribution in [3.05, 3.63) is 149 Å². The van der Waals surface area contributed by atoms with Gasteiger partial charge in [0, 0.05) is 35.3 Å². The molecule has 10 nitrogen and oxygen atoms in total. The maximum atomic E-state index is 13.7. The Morgan fingerprint density at radius 1 is 0.843 bits per heavy atom. The Balaban J connectivity index is 1.19. The molecule has 3 N–H and O–H groups in total. The van der Waals surface area contributed by atoms with Gasteiger partial charge in [-0.15, -0.1) is 0 Å². The summed E-state index contributed by atoms with van der Waals surface area (Å²) in [5.41, 5.74) is 4.77. The van der Waals surface area contributed by atoms with Gasteiger partial charge in [-0.1, -0.05) is 103 Å². The molecule has 4 aromatic carbocycles. The van der Waals surface area contributed by atoms with Gasteiger partial charge < -0.3 is 19.9 Å². The molecule has 1 saturated heterocycles. The van der Waals surface area contributed by atoms with Crippen molar-refractivity contribution in [3.63, 3.8) is 0 Å². The average molecular weight is 725 g/mol. The minimum atomic E-state index is -3.99. The Hall–Kier alpha value is -4.43. The first-order chi connectivity index (χ1) is 24.7. The number of nitrogens with zero attached hydrogens (tertiary/aromatic N) is 2. The molecule has 0 unspecified atom stereocenters. The summed E-state index contributed by atoms with van der Waals surface area (Å²) >= 11 is 1.51. The second kappa shape index (κ2) is 16.7. The lowest BCUT2D eigenvalue weighted by molar-refractivity contribution is -0.268. The number of ether oxygens (including phenoxy) is 2. The molecule has 1 aliphatic rings. The number of aromatic nitrogens is 2. The molecular formula is C39H40N4O6S2. The van der Waals surface area contributed by atoms with E-state index in [2.05, 4.69) is 26.9 Å². The highest BCUT2D eigenvalue weighted by molar-refractivity contribution is 7.99. The second-order valence-electron chi connectivity index (χ2n) is 12.5. The normalized spacial score (nSPS) is 19.7. The predicted molar refractivity (Wildman–Crippen MR) is 196 cm³/mol. The zero-order valence-electron chi connectivity index (χ0n) is 28.3. The lowest BCUT2D eigenvalue weighted by atomic mass is 9.91. The third kappa shape index (κ3) is 9.47. The molecular weight excluding hydrogens is 685 g/mol. The number of aliphatic hydroxyl groups excluding tert-OH is 1. The third-order valence-electron chi connectivity index (χ3n) is 8.72. The molecule has 264 valence electrons. The Morgan fingerprint density at radius 3 is 2.18 bits per heavy atom. The lowest BCUT2D eigenvalue weighted by Gasteiger charge is -2.41. The molecule has 0 spiro atoms. The van der Waals surface area contributed by atoms with E-state index in [1.807, 2.05) is 73.7 Å². The molecule has 0 bridgehead atoms. The monoisotopic (exact) mass is 724 g/mol. The number of amides is 1. The summed E-state index contributed by atoms with van der Waals surface area (Å²) < 4.78 is 42.4. The van der Waals surface area contributed by atoms with Crippen molar-refractivity contribution in [2.24, 2.45) is 5.92 Å². The summed E-state index contributed by atoms with van der Waals surface area (Å²) in [5, 5.41) is 13.1. The molecule has 2 heterocycles. The number of thioether (sulfide) groups is 1. The first-order valence-corrected chi connectivity index (χ1v) is 19.1. The first-order valence-electron chi connectivity index (χ1n) is 16.6. The number of hydrogen-bond donors (Lipinski definition) is 3. The largest absolute Gasteiger partial charge is 0.392 e. The number of carbonyl (C=O) groups is 1. The molecule has 0 saturated carbocycles. The molecule has 1 fully saturated rings. The van der Waals surface area contributed by atoms with Crippen LogP contribution in [0.1, 0.15) is 47.1 Å². The Kier molecular flexibility index (Phi) is 11.9. The molecule has 51 heavy (non-hydrogen) atoms. The van der Waals surface area contributed by atoms with Crippen LogP contribution in [0.3, 0.4) is 0 Å². The van der Waals surface area contributed by atoms with Gasteiger partial charge in [0.15, 0.2) is 11.4 Å². The lowest BCUT2D eigenvalue weighted by Crippen LogP contribution is -2.45. The Labute approximate surface area is 302 Å². The van der Waals surface area contributed by atoms with Gasteiger partial charge in [-0.25, -0.2) is 18.4 Å². The van der Waals surface area contributed by atoms with Crippen molar-refractivity contribution in [1.29, 1.82) is 0 Å². The van der Waals surface area contributed by atoms with Crippen LogP contribution in [0, 0.1) is 12.8 Å². The van der Waals surface area contributed by atoms with Gasteiger partial charge in [0.1, 0.15) is 6.04 Å². The zero-order valence-corrected chi connectivity index (χ0v) is 29.9. The maximum Gasteiger partial charge on any atom is 0.242 e. The van der Waals surface area contributed by atoms with Crippen LogP contribution in [-0.4, -0.2) is 47.3 Å². The van der Waals surface area contributed by atoms with Gasteiger partial charge >= 0.3 is 0 Å². The summed E-state index contributed by atoms with van der Waals surface area (Å²) in [6.07, 6.45) is 2.37. The van der Waals surface area contributed by atoms with Crippen molar-refractivity contribution < 1.29 is 27.8 Å². The Bertz CT molecular complexity index is 1980. The summed E-state index contributed by atoms with van der Waals surface area (Å²) in [4.78, 5) is 22.4. The van der Waals surface area contributed by atoms with Crippen molar-refractivity contribution in [2.75, 3.05) is 11.1 Å². The van der Waals surface area contributed by atoms with Crippen molar-refractivity contribution in [3.8, 4) is 0 Å². The third-order valence-corrected chi connectivity index (χ3v) is 11.2. The van der Waals surface area contributed by atoms with E-state index >= 15 is 0 Å². The molecule has 1 aliphatic heterocycles. The van der Waals surface area contributed by atoms with Gasteiger partial charge in [-0.3, -0.25) is 4.79 Å². The highest BCUT2D eigenvalue weighted by Crippen LogP contribution is 2.43. The number of carbonyl (C=O) groups excluding carboxylic acids is 1. The van der Waals surface area contributed by atoms with Crippen LogP contribution in [0.4, 0.5) is 5.69 Å². The van der Waals surface area contributed by atoms with Crippen molar-refractivity contribution >= 4 is 33.4 Å². The summed E-state index contributed by atoms with van der Waals surface area (Å²) in [6, 6.07) is 31.3. The average Bonchev–Trinajstić information content (AvgIpc) is 3.15.